The first-order valence-electron chi connectivity index (χ1n) is 8.36. The lowest BCUT2D eigenvalue weighted by atomic mass is 10.1. The average Bonchev–Trinajstić information content (AvgIpc) is 3.36. The number of nitrogens with one attached hydrogen (secondary N) is 1. The molecule has 2 aliphatic rings. The first-order valence-corrected chi connectivity index (χ1v) is 9.31. The molecule has 1 aromatic carbocycles. The van der Waals surface area contributed by atoms with E-state index < -0.39 is 0 Å². The molecule has 6 nitrogen and oxygen atoms in total. The van der Waals surface area contributed by atoms with Crippen LogP contribution in [0.3, 0.4) is 0 Å². The molecule has 0 radical (unpaired) electrons. The van der Waals surface area contributed by atoms with Crippen molar-refractivity contribution in [1.82, 2.24) is 4.90 Å². The minimum atomic E-state index is -0.347. The number of carbonyl (C=O) groups excluding carboxylic acids is 2. The van der Waals surface area contributed by atoms with Crippen molar-refractivity contribution < 1.29 is 14.3 Å². The normalized spacial score (nSPS) is 20.0. The van der Waals surface area contributed by atoms with E-state index in [4.69, 9.17) is 4.74 Å². The number of hydrogen-bond donors (Lipinski definition) is 1. The van der Waals surface area contributed by atoms with Crippen LogP contribution in [0, 0.1) is 0 Å². The van der Waals surface area contributed by atoms with E-state index in [1.54, 1.807) is 22.3 Å². The lowest BCUT2D eigenvalue weighted by Crippen LogP contribution is -2.34. The molecule has 1 aromatic heterocycles. The van der Waals surface area contributed by atoms with Crippen LogP contribution in [0.2, 0.25) is 0 Å². The molecular formula is C18H19N3O3S. The molecule has 2 fully saturated rings. The molecule has 130 valence electrons. The quantitative estimate of drug-likeness (QED) is 0.900. The molecule has 2 aliphatic heterocycles. The predicted octanol–water partition coefficient (Wildman–Crippen LogP) is 4.07. The van der Waals surface area contributed by atoms with Crippen LogP contribution < -0.4 is 10.2 Å². The number of thiophene rings is 1. The van der Waals surface area contributed by atoms with Crippen molar-refractivity contribution in [1.29, 1.82) is 0 Å². The van der Waals surface area contributed by atoms with E-state index in [2.05, 4.69) is 16.8 Å². The summed E-state index contributed by atoms with van der Waals surface area (Å²) in [6.07, 6.45) is 1.65. The Kier molecular flexibility index (Phi) is 4.31. The maximum absolute atomic E-state index is 12.7. The van der Waals surface area contributed by atoms with Gasteiger partial charge >= 0.3 is 12.1 Å². The van der Waals surface area contributed by atoms with Gasteiger partial charge in [-0.25, -0.2) is 9.59 Å². The van der Waals surface area contributed by atoms with Crippen molar-refractivity contribution >= 4 is 34.8 Å². The Morgan fingerprint density at radius 1 is 1.28 bits per heavy atom. The molecule has 2 aromatic rings. The number of urea groups is 1. The molecule has 2 saturated heterocycles. The number of hydrogen-bond acceptors (Lipinski definition) is 4. The average molecular weight is 357 g/mol. The van der Waals surface area contributed by atoms with E-state index in [1.165, 1.54) is 5.56 Å². The maximum Gasteiger partial charge on any atom is 0.414 e. The van der Waals surface area contributed by atoms with E-state index >= 15 is 0 Å². The zero-order valence-corrected chi connectivity index (χ0v) is 14.5. The third kappa shape index (κ3) is 3.19. The molecular weight excluding hydrogens is 338 g/mol. The molecule has 0 aliphatic carbocycles. The number of rotatable bonds is 3. The summed E-state index contributed by atoms with van der Waals surface area (Å²) in [5.74, 6) is 0. The summed E-state index contributed by atoms with van der Waals surface area (Å²) in [5.41, 5.74) is 2.61. The van der Waals surface area contributed by atoms with Gasteiger partial charge < -0.3 is 15.0 Å². The first kappa shape index (κ1) is 16.0. The van der Waals surface area contributed by atoms with Gasteiger partial charge in [0.15, 0.2) is 0 Å². The third-order valence-corrected chi connectivity index (χ3v) is 5.31. The molecule has 3 heterocycles. The second-order valence-corrected chi connectivity index (χ2v) is 6.93. The van der Waals surface area contributed by atoms with Crippen molar-refractivity contribution in [2.24, 2.45) is 0 Å². The molecule has 0 spiro atoms. The second-order valence-electron chi connectivity index (χ2n) is 6.15. The van der Waals surface area contributed by atoms with Crippen molar-refractivity contribution in [3.05, 3.63) is 46.7 Å². The first-order chi connectivity index (χ1) is 12.2. The highest BCUT2D eigenvalue weighted by atomic mass is 32.1. The van der Waals surface area contributed by atoms with E-state index in [-0.39, 0.29) is 18.2 Å². The maximum atomic E-state index is 12.7. The summed E-state index contributed by atoms with van der Waals surface area (Å²) in [7, 11) is 0. The van der Waals surface area contributed by atoms with E-state index in [0.29, 0.717) is 18.8 Å². The van der Waals surface area contributed by atoms with E-state index in [9.17, 15) is 9.59 Å². The standard InChI is InChI=1S/C18H19N3O3S/c22-17(21-7-2-5-16(21)13-6-10-25-12-13)19-14-3-1-4-15(11-14)20-8-9-24-18(20)23/h1,3-4,6,10-12,16H,2,5,7-9H2,(H,19,22)/t16-/m0/s1. The Hall–Kier alpha value is -2.54. The molecule has 7 heteroatoms. The number of anilines is 2. The van der Waals surface area contributed by atoms with Crippen LogP contribution in [0.25, 0.3) is 0 Å². The Labute approximate surface area is 150 Å². The van der Waals surface area contributed by atoms with Crippen LogP contribution in [0.5, 0.6) is 0 Å². The van der Waals surface area contributed by atoms with Crippen LogP contribution >= 0.6 is 11.3 Å². The van der Waals surface area contributed by atoms with Crippen molar-refractivity contribution in [2.45, 2.75) is 18.9 Å². The molecule has 1 N–H and O–H groups in total. The number of amides is 3. The number of likely N-dealkylation sites (tertiary alicyclic amines) is 1. The van der Waals surface area contributed by atoms with Gasteiger partial charge in [0.05, 0.1) is 12.6 Å². The third-order valence-electron chi connectivity index (χ3n) is 4.61. The number of ether oxygens (including phenoxy) is 1. The van der Waals surface area contributed by atoms with Gasteiger partial charge in [-0.2, -0.15) is 11.3 Å². The lowest BCUT2D eigenvalue weighted by Gasteiger charge is -2.25. The topological polar surface area (TPSA) is 61.9 Å². The highest BCUT2D eigenvalue weighted by molar-refractivity contribution is 7.08. The molecule has 0 unspecified atom stereocenters. The largest absolute Gasteiger partial charge is 0.447 e. The van der Waals surface area contributed by atoms with Crippen molar-refractivity contribution in [3.63, 3.8) is 0 Å². The Morgan fingerprint density at radius 3 is 2.96 bits per heavy atom. The van der Waals surface area contributed by atoms with Gasteiger partial charge in [0.25, 0.3) is 0 Å². The number of benzene rings is 1. The van der Waals surface area contributed by atoms with Gasteiger partial charge in [0.2, 0.25) is 0 Å². The van der Waals surface area contributed by atoms with Gasteiger partial charge in [-0.05, 0) is 53.4 Å². The summed E-state index contributed by atoms with van der Waals surface area (Å²) in [4.78, 5) is 27.9. The van der Waals surface area contributed by atoms with Gasteiger partial charge in [-0.3, -0.25) is 4.90 Å². The zero-order valence-electron chi connectivity index (χ0n) is 13.7. The fourth-order valence-corrected chi connectivity index (χ4v) is 4.10. The van der Waals surface area contributed by atoms with Crippen LogP contribution in [0.1, 0.15) is 24.4 Å². The molecule has 4 rings (SSSR count). The number of nitrogens with zero attached hydrogens (tertiary/aromatic N) is 2. The smallest absolute Gasteiger partial charge is 0.414 e. The highest BCUT2D eigenvalue weighted by Crippen LogP contribution is 2.33. The fourth-order valence-electron chi connectivity index (χ4n) is 3.40. The van der Waals surface area contributed by atoms with Crippen molar-refractivity contribution in [3.8, 4) is 0 Å². The fraction of sp³-hybridized carbons (Fsp3) is 0.333. The minimum absolute atomic E-state index is 0.102. The SMILES string of the molecule is O=C1OCCN1c1cccc(NC(=O)N2CCC[C@H]2c2ccsc2)c1. The second kappa shape index (κ2) is 6.76. The Bertz CT molecular complexity index is 778. The van der Waals surface area contributed by atoms with Crippen LogP contribution in [0.4, 0.5) is 21.0 Å². The van der Waals surface area contributed by atoms with Gasteiger partial charge in [0.1, 0.15) is 6.61 Å². The Balaban J connectivity index is 1.48. The zero-order chi connectivity index (χ0) is 17.2. The summed E-state index contributed by atoms with van der Waals surface area (Å²) in [5, 5.41) is 7.12. The summed E-state index contributed by atoms with van der Waals surface area (Å²) >= 11 is 1.65. The lowest BCUT2D eigenvalue weighted by molar-refractivity contribution is 0.181. The molecule has 3 amide bonds. The van der Waals surface area contributed by atoms with E-state index in [1.807, 2.05) is 28.5 Å². The molecule has 1 atom stereocenters. The summed E-state index contributed by atoms with van der Waals surface area (Å²) in [6.45, 7) is 1.68. The minimum Gasteiger partial charge on any atom is -0.447 e. The van der Waals surface area contributed by atoms with E-state index in [0.717, 1.165) is 25.1 Å². The van der Waals surface area contributed by atoms with Crippen molar-refractivity contribution in [2.75, 3.05) is 29.9 Å². The van der Waals surface area contributed by atoms with Gasteiger partial charge in [0, 0.05) is 17.9 Å². The summed E-state index contributed by atoms with van der Waals surface area (Å²) < 4.78 is 4.97. The number of carbonyl (C=O) groups is 2. The predicted molar refractivity (Wildman–Crippen MR) is 97.2 cm³/mol. The van der Waals surface area contributed by atoms with Crippen LogP contribution in [0.15, 0.2) is 41.1 Å². The molecule has 0 saturated carbocycles. The van der Waals surface area contributed by atoms with Crippen LogP contribution in [-0.4, -0.2) is 36.7 Å². The number of cyclic esters (lactones) is 1. The monoisotopic (exact) mass is 357 g/mol. The molecule has 0 bridgehead atoms. The Morgan fingerprint density at radius 2 is 2.20 bits per heavy atom. The van der Waals surface area contributed by atoms with Crippen LogP contribution in [-0.2, 0) is 4.74 Å². The highest BCUT2D eigenvalue weighted by Gasteiger charge is 2.30. The van der Waals surface area contributed by atoms with Gasteiger partial charge in [-0.15, -0.1) is 0 Å². The van der Waals surface area contributed by atoms with Gasteiger partial charge in [-0.1, -0.05) is 6.07 Å². The summed E-state index contributed by atoms with van der Waals surface area (Å²) in [6, 6.07) is 9.43. The molecule has 25 heavy (non-hydrogen) atoms.